The van der Waals surface area contributed by atoms with Gasteiger partial charge < -0.3 is 19.6 Å². The van der Waals surface area contributed by atoms with Crippen LogP contribution in [0.2, 0.25) is 0 Å². The van der Waals surface area contributed by atoms with Crippen LogP contribution in [0.5, 0.6) is 0 Å². The lowest BCUT2D eigenvalue weighted by Gasteiger charge is -2.18. The standard InChI is InChI=1S/C22H21N7O3/c1-13-19(22(31)32)23-11-28(13)16-5-2-4-14(10-16)21(30)26-18-7-3-6-17(25-18)20-27-24-12-29(20)15-8-9-15/h2-3,5-7,10-12,14-15H,4,8-9H2,1H3,(H,31,32)(H,25,26,30). The first kappa shape index (κ1) is 19.9. The lowest BCUT2D eigenvalue weighted by molar-refractivity contribution is -0.118. The van der Waals surface area contributed by atoms with E-state index in [9.17, 15) is 14.7 Å². The van der Waals surface area contributed by atoms with Crippen molar-refractivity contribution in [3.8, 4) is 11.5 Å². The Kier molecular flexibility index (Phi) is 4.89. The van der Waals surface area contributed by atoms with Crippen molar-refractivity contribution < 1.29 is 14.7 Å². The molecule has 5 rings (SSSR count). The molecule has 10 heteroatoms. The van der Waals surface area contributed by atoms with E-state index in [0.717, 1.165) is 12.8 Å². The molecule has 2 N–H and O–H groups in total. The number of rotatable bonds is 6. The van der Waals surface area contributed by atoms with Crippen LogP contribution in [0.3, 0.4) is 0 Å². The number of anilines is 1. The molecule has 1 amide bonds. The van der Waals surface area contributed by atoms with Crippen LogP contribution in [0.15, 0.2) is 49.1 Å². The van der Waals surface area contributed by atoms with Crippen LogP contribution < -0.4 is 5.32 Å². The van der Waals surface area contributed by atoms with Crippen molar-refractivity contribution in [3.63, 3.8) is 0 Å². The summed E-state index contributed by atoms with van der Waals surface area (Å²) in [6, 6.07) is 5.84. The molecule has 0 radical (unpaired) electrons. The summed E-state index contributed by atoms with van der Waals surface area (Å²) in [4.78, 5) is 32.7. The second-order valence-electron chi connectivity index (χ2n) is 7.88. The maximum absolute atomic E-state index is 12.9. The number of hydrogen-bond acceptors (Lipinski definition) is 6. The quantitative estimate of drug-likeness (QED) is 0.614. The lowest BCUT2D eigenvalue weighted by atomic mass is 9.98. The highest BCUT2D eigenvalue weighted by molar-refractivity contribution is 5.94. The zero-order chi connectivity index (χ0) is 22.2. The van der Waals surface area contributed by atoms with Gasteiger partial charge in [0, 0.05) is 11.7 Å². The molecule has 1 fully saturated rings. The van der Waals surface area contributed by atoms with E-state index < -0.39 is 11.9 Å². The van der Waals surface area contributed by atoms with E-state index in [1.54, 1.807) is 23.9 Å². The number of amides is 1. The third-order valence-electron chi connectivity index (χ3n) is 5.62. The predicted molar refractivity (Wildman–Crippen MR) is 116 cm³/mol. The number of nitrogens with one attached hydrogen (secondary N) is 1. The molecule has 3 aromatic heterocycles. The Bertz CT molecular complexity index is 1270. The minimum absolute atomic E-state index is 0.00839. The largest absolute Gasteiger partial charge is 0.476 e. The third kappa shape index (κ3) is 3.70. The fourth-order valence-corrected chi connectivity index (χ4v) is 3.78. The van der Waals surface area contributed by atoms with Crippen molar-refractivity contribution >= 4 is 23.4 Å². The zero-order valence-electron chi connectivity index (χ0n) is 17.3. The van der Waals surface area contributed by atoms with Gasteiger partial charge in [-0.25, -0.2) is 14.8 Å². The SMILES string of the molecule is Cc1c(C(=O)O)ncn1C1=CC(C(=O)Nc2cccc(-c3nncn3C3CC3)n2)CC=C1. The molecule has 2 aliphatic carbocycles. The molecule has 0 spiro atoms. The van der Waals surface area contributed by atoms with Crippen molar-refractivity contribution in [2.24, 2.45) is 5.92 Å². The number of aromatic carboxylic acids is 1. The highest BCUT2D eigenvalue weighted by atomic mass is 16.4. The van der Waals surface area contributed by atoms with Crippen LogP contribution in [0.1, 0.15) is 41.5 Å². The van der Waals surface area contributed by atoms with E-state index in [1.165, 1.54) is 6.33 Å². The van der Waals surface area contributed by atoms with Gasteiger partial charge >= 0.3 is 5.97 Å². The summed E-state index contributed by atoms with van der Waals surface area (Å²) in [5, 5.41) is 20.3. The summed E-state index contributed by atoms with van der Waals surface area (Å²) in [6.45, 7) is 1.69. The number of carboxylic acid groups (broad SMARTS) is 1. The van der Waals surface area contributed by atoms with E-state index in [2.05, 4.69) is 25.5 Å². The molecule has 0 aromatic carbocycles. The van der Waals surface area contributed by atoms with Crippen LogP contribution in [0, 0.1) is 12.8 Å². The summed E-state index contributed by atoms with van der Waals surface area (Å²) in [5.41, 5.74) is 1.85. The van der Waals surface area contributed by atoms with E-state index in [4.69, 9.17) is 0 Å². The van der Waals surface area contributed by atoms with Gasteiger partial charge in [0.25, 0.3) is 0 Å². The highest BCUT2D eigenvalue weighted by Crippen LogP contribution is 2.37. The Morgan fingerprint density at radius 2 is 2.06 bits per heavy atom. The van der Waals surface area contributed by atoms with E-state index in [0.29, 0.717) is 41.2 Å². The van der Waals surface area contributed by atoms with Gasteiger partial charge in [-0.15, -0.1) is 10.2 Å². The van der Waals surface area contributed by atoms with E-state index in [1.807, 2.05) is 34.9 Å². The Balaban J connectivity index is 1.35. The van der Waals surface area contributed by atoms with Crippen molar-refractivity contribution in [1.82, 2.24) is 29.3 Å². The number of carboxylic acids is 1. The summed E-state index contributed by atoms with van der Waals surface area (Å²) in [7, 11) is 0. The number of hydrogen-bond donors (Lipinski definition) is 2. The van der Waals surface area contributed by atoms with Crippen LogP contribution in [-0.2, 0) is 4.79 Å². The number of carbonyl (C=O) groups excluding carboxylic acids is 1. The molecule has 32 heavy (non-hydrogen) atoms. The molecule has 1 unspecified atom stereocenters. The number of nitrogens with zero attached hydrogens (tertiary/aromatic N) is 6. The maximum atomic E-state index is 12.9. The van der Waals surface area contributed by atoms with Crippen LogP contribution >= 0.6 is 0 Å². The monoisotopic (exact) mass is 431 g/mol. The van der Waals surface area contributed by atoms with Gasteiger partial charge in [0.15, 0.2) is 11.5 Å². The number of carbonyl (C=O) groups is 2. The van der Waals surface area contributed by atoms with E-state index >= 15 is 0 Å². The second kappa shape index (κ2) is 7.88. The molecule has 3 aromatic rings. The molecule has 3 heterocycles. The third-order valence-corrected chi connectivity index (χ3v) is 5.62. The summed E-state index contributed by atoms with van der Waals surface area (Å²) in [5.74, 6) is -0.577. The molecule has 10 nitrogen and oxygen atoms in total. The summed E-state index contributed by atoms with van der Waals surface area (Å²) < 4.78 is 3.69. The molecular weight excluding hydrogens is 410 g/mol. The highest BCUT2D eigenvalue weighted by Gasteiger charge is 2.27. The predicted octanol–water partition coefficient (Wildman–Crippen LogP) is 2.93. The van der Waals surface area contributed by atoms with Crippen LogP contribution in [0.25, 0.3) is 17.2 Å². The number of pyridine rings is 1. The van der Waals surface area contributed by atoms with Gasteiger partial charge in [-0.2, -0.15) is 0 Å². The van der Waals surface area contributed by atoms with Crippen molar-refractivity contribution in [1.29, 1.82) is 0 Å². The Hall–Kier alpha value is -4.08. The van der Waals surface area contributed by atoms with Crippen molar-refractivity contribution in [3.05, 3.63) is 60.5 Å². The van der Waals surface area contributed by atoms with Gasteiger partial charge in [0.1, 0.15) is 24.2 Å². The molecule has 0 aliphatic heterocycles. The normalized spacial score (nSPS) is 17.8. The first-order valence-corrected chi connectivity index (χ1v) is 10.3. The molecule has 162 valence electrons. The van der Waals surface area contributed by atoms with Gasteiger partial charge in [-0.1, -0.05) is 12.1 Å². The minimum Gasteiger partial charge on any atom is -0.476 e. The number of imidazole rings is 1. The van der Waals surface area contributed by atoms with Gasteiger partial charge in [-0.05, 0) is 50.5 Å². The Labute approximate surface area is 183 Å². The molecular formula is C22H21N7O3. The lowest BCUT2D eigenvalue weighted by Crippen LogP contribution is -2.23. The first-order chi connectivity index (χ1) is 15.5. The van der Waals surface area contributed by atoms with Gasteiger partial charge in [-0.3, -0.25) is 4.79 Å². The molecule has 2 aliphatic rings. The molecule has 0 saturated heterocycles. The zero-order valence-corrected chi connectivity index (χ0v) is 17.3. The van der Waals surface area contributed by atoms with Crippen molar-refractivity contribution in [2.75, 3.05) is 5.32 Å². The average molecular weight is 431 g/mol. The van der Waals surface area contributed by atoms with Crippen LogP contribution in [-0.4, -0.2) is 46.3 Å². The summed E-state index contributed by atoms with van der Waals surface area (Å²) in [6.07, 6.45) is 11.5. The number of allylic oxidation sites excluding steroid dienone is 3. The average Bonchev–Trinajstić information content (AvgIpc) is 3.38. The number of aromatic nitrogens is 6. The molecule has 1 saturated carbocycles. The fraction of sp³-hybridized carbons (Fsp3) is 0.273. The van der Waals surface area contributed by atoms with Gasteiger partial charge in [0.2, 0.25) is 5.91 Å². The van der Waals surface area contributed by atoms with Gasteiger partial charge in [0.05, 0.1) is 11.6 Å². The minimum atomic E-state index is -1.08. The maximum Gasteiger partial charge on any atom is 0.356 e. The Morgan fingerprint density at radius 3 is 2.81 bits per heavy atom. The van der Waals surface area contributed by atoms with Crippen molar-refractivity contribution in [2.45, 2.75) is 32.2 Å². The second-order valence-corrected chi connectivity index (χ2v) is 7.88. The molecule has 0 bridgehead atoms. The molecule has 1 atom stereocenters. The first-order valence-electron chi connectivity index (χ1n) is 10.3. The Morgan fingerprint density at radius 1 is 1.22 bits per heavy atom. The van der Waals surface area contributed by atoms with Crippen LogP contribution in [0.4, 0.5) is 5.82 Å². The van der Waals surface area contributed by atoms with E-state index in [-0.39, 0.29) is 11.6 Å². The fourth-order valence-electron chi connectivity index (χ4n) is 3.78. The summed E-state index contributed by atoms with van der Waals surface area (Å²) >= 11 is 0. The topological polar surface area (TPSA) is 128 Å². The smallest absolute Gasteiger partial charge is 0.356 e.